The maximum atomic E-state index is 2.53. The van der Waals surface area contributed by atoms with E-state index in [2.05, 4.69) is 30.1 Å². The Hall–Kier alpha value is -0.720. The van der Waals surface area contributed by atoms with E-state index in [0.29, 0.717) is 0 Å². The van der Waals surface area contributed by atoms with Gasteiger partial charge in [0, 0.05) is 18.8 Å². The number of nitrogens with zero attached hydrogens (tertiary/aromatic N) is 1. The Labute approximate surface area is 81.1 Å². The summed E-state index contributed by atoms with van der Waals surface area (Å²) in [7, 11) is 0. The third-order valence-corrected chi connectivity index (χ3v) is 3.02. The van der Waals surface area contributed by atoms with Gasteiger partial charge in [-0.1, -0.05) is 19.1 Å². The van der Waals surface area contributed by atoms with E-state index in [9.17, 15) is 0 Å². The molecule has 1 aliphatic carbocycles. The van der Waals surface area contributed by atoms with E-state index in [1.807, 2.05) is 0 Å². The quantitative estimate of drug-likeness (QED) is 0.595. The van der Waals surface area contributed by atoms with E-state index in [-0.39, 0.29) is 0 Å². The summed E-state index contributed by atoms with van der Waals surface area (Å²) < 4.78 is 0. The standard InChI is InChI=1S/C12H19N/c1-11-5-7-12(8-6-11)13-9-3-2-4-10-13/h5,7-8,11H,2-4,6,9-10H2,1H3/t11-/m1/s1. The Bertz CT molecular complexity index is 221. The molecule has 0 unspecified atom stereocenters. The van der Waals surface area contributed by atoms with Crippen molar-refractivity contribution < 1.29 is 0 Å². The highest BCUT2D eigenvalue weighted by molar-refractivity contribution is 5.22. The molecule has 1 atom stereocenters. The van der Waals surface area contributed by atoms with Crippen molar-refractivity contribution in [2.45, 2.75) is 32.6 Å². The Balaban J connectivity index is 1.96. The minimum Gasteiger partial charge on any atom is -0.372 e. The molecule has 2 aliphatic rings. The molecule has 13 heavy (non-hydrogen) atoms. The topological polar surface area (TPSA) is 3.24 Å². The smallest absolute Gasteiger partial charge is 0.0322 e. The second-order valence-electron chi connectivity index (χ2n) is 4.25. The lowest BCUT2D eigenvalue weighted by molar-refractivity contribution is 0.290. The minimum atomic E-state index is 0.744. The molecule has 1 saturated heterocycles. The van der Waals surface area contributed by atoms with Crippen LogP contribution in [0.3, 0.4) is 0 Å². The third-order valence-electron chi connectivity index (χ3n) is 3.02. The first kappa shape index (κ1) is 8.86. The summed E-state index contributed by atoms with van der Waals surface area (Å²) in [5.41, 5.74) is 1.47. The Morgan fingerprint density at radius 1 is 1.23 bits per heavy atom. The van der Waals surface area contributed by atoms with Crippen molar-refractivity contribution in [3.05, 3.63) is 23.9 Å². The lowest BCUT2D eigenvalue weighted by Gasteiger charge is -2.31. The zero-order chi connectivity index (χ0) is 9.10. The summed E-state index contributed by atoms with van der Waals surface area (Å²) in [5.74, 6) is 0.744. The zero-order valence-electron chi connectivity index (χ0n) is 8.50. The van der Waals surface area contributed by atoms with Gasteiger partial charge in [-0.25, -0.2) is 0 Å². The van der Waals surface area contributed by atoms with Crippen molar-refractivity contribution in [1.82, 2.24) is 4.90 Å². The van der Waals surface area contributed by atoms with Gasteiger partial charge in [0.05, 0.1) is 0 Å². The monoisotopic (exact) mass is 177 g/mol. The molecule has 0 amide bonds. The second kappa shape index (κ2) is 3.99. The summed E-state index contributed by atoms with van der Waals surface area (Å²) >= 11 is 0. The Morgan fingerprint density at radius 3 is 2.62 bits per heavy atom. The highest BCUT2D eigenvalue weighted by Gasteiger charge is 2.13. The van der Waals surface area contributed by atoms with Crippen molar-refractivity contribution in [2.75, 3.05) is 13.1 Å². The number of rotatable bonds is 1. The lowest BCUT2D eigenvalue weighted by Crippen LogP contribution is -2.29. The number of hydrogen-bond acceptors (Lipinski definition) is 1. The van der Waals surface area contributed by atoms with Gasteiger partial charge in [-0.15, -0.1) is 0 Å². The van der Waals surface area contributed by atoms with Crippen LogP contribution in [0, 0.1) is 5.92 Å². The van der Waals surface area contributed by atoms with Crippen LogP contribution in [-0.2, 0) is 0 Å². The molecule has 0 aromatic rings. The van der Waals surface area contributed by atoms with E-state index >= 15 is 0 Å². The van der Waals surface area contributed by atoms with Crippen LogP contribution in [-0.4, -0.2) is 18.0 Å². The van der Waals surface area contributed by atoms with Gasteiger partial charge in [-0.3, -0.25) is 0 Å². The molecule has 1 aliphatic heterocycles. The van der Waals surface area contributed by atoms with Crippen LogP contribution in [0.15, 0.2) is 23.9 Å². The van der Waals surface area contributed by atoms with Gasteiger partial charge in [0.15, 0.2) is 0 Å². The normalized spacial score (nSPS) is 28.8. The minimum absolute atomic E-state index is 0.744. The molecule has 2 rings (SSSR count). The molecule has 0 bridgehead atoms. The fourth-order valence-electron chi connectivity index (χ4n) is 2.10. The molecule has 1 fully saturated rings. The second-order valence-corrected chi connectivity index (χ2v) is 4.25. The maximum absolute atomic E-state index is 2.53. The van der Waals surface area contributed by atoms with Crippen molar-refractivity contribution in [1.29, 1.82) is 0 Å². The summed E-state index contributed by atoms with van der Waals surface area (Å²) in [6.07, 6.45) is 12.4. The number of piperidine rings is 1. The fourth-order valence-corrected chi connectivity index (χ4v) is 2.10. The van der Waals surface area contributed by atoms with Crippen molar-refractivity contribution in [3.8, 4) is 0 Å². The van der Waals surface area contributed by atoms with E-state index < -0.39 is 0 Å². The Kier molecular flexibility index (Phi) is 2.72. The molecule has 1 nitrogen and oxygen atoms in total. The van der Waals surface area contributed by atoms with Crippen LogP contribution >= 0.6 is 0 Å². The maximum Gasteiger partial charge on any atom is 0.0322 e. The summed E-state index contributed by atoms with van der Waals surface area (Å²) in [6.45, 7) is 4.81. The first-order valence-corrected chi connectivity index (χ1v) is 5.49. The molecule has 1 heterocycles. The van der Waals surface area contributed by atoms with E-state index in [1.54, 1.807) is 0 Å². The molecule has 0 radical (unpaired) electrons. The number of hydrogen-bond donors (Lipinski definition) is 0. The zero-order valence-corrected chi connectivity index (χ0v) is 8.50. The molecule has 0 aromatic heterocycles. The van der Waals surface area contributed by atoms with Crippen LogP contribution in [0.1, 0.15) is 32.6 Å². The van der Waals surface area contributed by atoms with Crippen LogP contribution in [0.4, 0.5) is 0 Å². The fraction of sp³-hybridized carbons (Fsp3) is 0.667. The van der Waals surface area contributed by atoms with Crippen LogP contribution in [0.5, 0.6) is 0 Å². The first-order valence-electron chi connectivity index (χ1n) is 5.49. The largest absolute Gasteiger partial charge is 0.372 e. The molecular weight excluding hydrogens is 158 g/mol. The predicted molar refractivity (Wildman–Crippen MR) is 56.4 cm³/mol. The van der Waals surface area contributed by atoms with Gasteiger partial charge < -0.3 is 4.90 Å². The lowest BCUT2D eigenvalue weighted by atomic mass is 10.00. The van der Waals surface area contributed by atoms with Crippen LogP contribution < -0.4 is 0 Å². The predicted octanol–water partition coefficient (Wildman–Crippen LogP) is 2.95. The highest BCUT2D eigenvalue weighted by atomic mass is 15.1. The molecule has 0 N–H and O–H groups in total. The van der Waals surface area contributed by atoms with Crippen molar-refractivity contribution in [2.24, 2.45) is 5.92 Å². The number of allylic oxidation sites excluding steroid dienone is 3. The molecule has 0 aromatic carbocycles. The summed E-state index contributed by atoms with van der Waals surface area (Å²) in [4.78, 5) is 2.53. The molecule has 0 saturated carbocycles. The Morgan fingerprint density at radius 2 is 2.00 bits per heavy atom. The van der Waals surface area contributed by atoms with Gasteiger partial charge >= 0.3 is 0 Å². The molecule has 72 valence electrons. The van der Waals surface area contributed by atoms with E-state index in [4.69, 9.17) is 0 Å². The average molecular weight is 177 g/mol. The van der Waals surface area contributed by atoms with Gasteiger partial charge in [0.2, 0.25) is 0 Å². The summed E-state index contributed by atoms with van der Waals surface area (Å²) in [6, 6.07) is 0. The summed E-state index contributed by atoms with van der Waals surface area (Å²) in [5, 5.41) is 0. The van der Waals surface area contributed by atoms with E-state index in [1.165, 1.54) is 44.5 Å². The van der Waals surface area contributed by atoms with Gasteiger partial charge in [0.25, 0.3) is 0 Å². The van der Waals surface area contributed by atoms with Crippen LogP contribution in [0.2, 0.25) is 0 Å². The average Bonchev–Trinajstić information content (AvgIpc) is 2.20. The van der Waals surface area contributed by atoms with Crippen molar-refractivity contribution in [3.63, 3.8) is 0 Å². The van der Waals surface area contributed by atoms with Gasteiger partial charge in [0.1, 0.15) is 0 Å². The first-order chi connectivity index (χ1) is 6.36. The molecular formula is C12H19N. The SMILES string of the molecule is C[C@@H]1C=CC(N2CCCCC2)=CC1. The van der Waals surface area contributed by atoms with Gasteiger partial charge in [-0.2, -0.15) is 0 Å². The highest BCUT2D eigenvalue weighted by Crippen LogP contribution is 2.21. The molecule has 0 spiro atoms. The number of likely N-dealkylation sites (tertiary alicyclic amines) is 1. The molecule has 1 heteroatoms. The van der Waals surface area contributed by atoms with Crippen LogP contribution in [0.25, 0.3) is 0 Å². The third kappa shape index (κ3) is 2.15. The van der Waals surface area contributed by atoms with Crippen molar-refractivity contribution >= 4 is 0 Å². The van der Waals surface area contributed by atoms with Gasteiger partial charge in [-0.05, 0) is 37.7 Å². The van der Waals surface area contributed by atoms with E-state index in [0.717, 1.165) is 5.92 Å².